The SMILES string of the molecule is Cc1cccc2c1NCC[C@@H]2N1Cc2cnc(Nc3ccc(N4CCN(C)CC4)cc3)nc2N(C)C1=O. The van der Waals surface area contributed by atoms with E-state index in [4.69, 9.17) is 4.98 Å². The number of hydrogen-bond donors (Lipinski definition) is 2. The van der Waals surface area contributed by atoms with Gasteiger partial charge in [0.15, 0.2) is 0 Å². The van der Waals surface area contributed by atoms with Crippen LogP contribution in [0.25, 0.3) is 0 Å². The van der Waals surface area contributed by atoms with Gasteiger partial charge in [0.1, 0.15) is 5.82 Å². The molecule has 3 aliphatic rings. The van der Waals surface area contributed by atoms with Crippen molar-refractivity contribution in [1.82, 2.24) is 19.8 Å². The molecule has 0 radical (unpaired) electrons. The molecule has 1 fully saturated rings. The largest absolute Gasteiger partial charge is 0.384 e. The maximum absolute atomic E-state index is 13.5. The molecule has 6 rings (SSSR count). The average Bonchev–Trinajstić information content (AvgIpc) is 2.92. The molecular formula is C28H34N8O. The number of urea groups is 1. The number of rotatable bonds is 4. The Morgan fingerprint density at radius 2 is 1.81 bits per heavy atom. The summed E-state index contributed by atoms with van der Waals surface area (Å²) in [4.78, 5) is 31.2. The van der Waals surface area contributed by atoms with Crippen molar-refractivity contribution in [2.45, 2.75) is 25.9 Å². The minimum absolute atomic E-state index is 0.0240. The summed E-state index contributed by atoms with van der Waals surface area (Å²) in [6, 6.07) is 14.7. The fraction of sp³-hybridized carbons (Fsp3) is 0.393. The first-order valence-corrected chi connectivity index (χ1v) is 13.0. The molecule has 9 heteroatoms. The number of benzene rings is 2. The Bertz CT molecular complexity index is 1300. The first-order chi connectivity index (χ1) is 18.0. The third-order valence-electron chi connectivity index (χ3n) is 7.78. The quantitative estimate of drug-likeness (QED) is 0.558. The third-order valence-corrected chi connectivity index (χ3v) is 7.78. The summed E-state index contributed by atoms with van der Waals surface area (Å²) in [5.74, 6) is 1.15. The van der Waals surface area contributed by atoms with E-state index in [1.165, 1.54) is 16.8 Å². The highest BCUT2D eigenvalue weighted by Crippen LogP contribution is 2.40. The molecular weight excluding hydrogens is 464 g/mol. The van der Waals surface area contributed by atoms with Gasteiger partial charge >= 0.3 is 6.03 Å². The van der Waals surface area contributed by atoms with Gasteiger partial charge in [-0.15, -0.1) is 0 Å². The Hall–Kier alpha value is -3.85. The van der Waals surface area contributed by atoms with Crippen LogP contribution in [0.5, 0.6) is 0 Å². The zero-order chi connectivity index (χ0) is 25.5. The van der Waals surface area contributed by atoms with Crippen molar-refractivity contribution < 1.29 is 4.79 Å². The Morgan fingerprint density at radius 3 is 2.59 bits per heavy atom. The molecule has 0 spiro atoms. The number of carbonyl (C=O) groups excluding carboxylic acids is 1. The van der Waals surface area contributed by atoms with Gasteiger partial charge in [0.25, 0.3) is 0 Å². The summed E-state index contributed by atoms with van der Waals surface area (Å²) in [7, 11) is 3.96. The van der Waals surface area contributed by atoms with Crippen molar-refractivity contribution in [2.24, 2.45) is 0 Å². The number of hydrogen-bond acceptors (Lipinski definition) is 7. The van der Waals surface area contributed by atoms with E-state index < -0.39 is 0 Å². The van der Waals surface area contributed by atoms with Crippen LogP contribution in [0.3, 0.4) is 0 Å². The smallest absolute Gasteiger partial charge is 0.326 e. The van der Waals surface area contributed by atoms with Gasteiger partial charge in [0.05, 0.1) is 12.6 Å². The molecule has 0 aliphatic carbocycles. The molecule has 37 heavy (non-hydrogen) atoms. The monoisotopic (exact) mass is 498 g/mol. The first kappa shape index (κ1) is 23.5. The maximum atomic E-state index is 13.5. The van der Waals surface area contributed by atoms with Gasteiger partial charge in [-0.1, -0.05) is 18.2 Å². The van der Waals surface area contributed by atoms with Crippen LogP contribution in [0.2, 0.25) is 0 Å². The summed E-state index contributed by atoms with van der Waals surface area (Å²) in [5, 5.41) is 6.82. The first-order valence-electron chi connectivity index (χ1n) is 13.0. The number of nitrogens with zero attached hydrogens (tertiary/aromatic N) is 6. The van der Waals surface area contributed by atoms with E-state index >= 15 is 0 Å². The molecule has 192 valence electrons. The summed E-state index contributed by atoms with van der Waals surface area (Å²) in [6.07, 6.45) is 2.72. The van der Waals surface area contributed by atoms with Gasteiger partial charge < -0.3 is 25.3 Å². The summed E-state index contributed by atoms with van der Waals surface area (Å²) >= 11 is 0. The number of carbonyl (C=O) groups is 1. The van der Waals surface area contributed by atoms with E-state index in [1.807, 2.05) is 11.1 Å². The van der Waals surface area contributed by atoms with Crippen molar-refractivity contribution in [2.75, 3.05) is 67.3 Å². The number of nitrogens with one attached hydrogen (secondary N) is 2. The normalized spacial score (nSPS) is 19.8. The number of aromatic nitrogens is 2. The second kappa shape index (κ2) is 9.55. The Balaban J connectivity index is 1.19. The number of amides is 2. The lowest BCUT2D eigenvalue weighted by atomic mass is 9.93. The van der Waals surface area contributed by atoms with Crippen molar-refractivity contribution in [1.29, 1.82) is 0 Å². The predicted octanol–water partition coefficient (Wildman–Crippen LogP) is 4.21. The van der Waals surface area contributed by atoms with Crippen LogP contribution in [0.4, 0.5) is 33.6 Å². The topological polar surface area (TPSA) is 79.9 Å². The van der Waals surface area contributed by atoms with Crippen LogP contribution >= 0.6 is 0 Å². The molecule has 4 heterocycles. The summed E-state index contributed by atoms with van der Waals surface area (Å²) in [6.45, 7) is 7.68. The molecule has 3 aliphatic heterocycles. The standard InChI is InChI=1S/C28H34N8O/c1-19-5-4-6-23-24(11-12-29-25(19)23)36-18-20-17-30-27(32-26(20)34(3)28(36)37)31-21-7-9-22(10-8-21)35-15-13-33(2)14-16-35/h4-10,17,24,29H,11-16,18H2,1-3H3,(H,30,31,32)/t24-/m0/s1. The van der Waals surface area contributed by atoms with Crippen molar-refractivity contribution >= 4 is 34.9 Å². The average molecular weight is 499 g/mol. The summed E-state index contributed by atoms with van der Waals surface area (Å²) in [5.41, 5.74) is 6.63. The van der Waals surface area contributed by atoms with Crippen molar-refractivity contribution in [3.05, 3.63) is 65.4 Å². The molecule has 2 amide bonds. The number of likely N-dealkylation sites (N-methyl/N-ethyl adjacent to an activating group) is 1. The zero-order valence-corrected chi connectivity index (χ0v) is 21.7. The number of piperazine rings is 1. The molecule has 1 atom stereocenters. The van der Waals surface area contributed by atoms with Crippen molar-refractivity contribution in [3.8, 4) is 0 Å². The van der Waals surface area contributed by atoms with Crippen LogP contribution in [0.15, 0.2) is 48.7 Å². The van der Waals surface area contributed by atoms with Gasteiger partial charge in [-0.05, 0) is 55.8 Å². The minimum atomic E-state index is -0.0342. The number of para-hydroxylation sites is 1. The molecule has 9 nitrogen and oxygen atoms in total. The Morgan fingerprint density at radius 1 is 1.03 bits per heavy atom. The Labute approximate surface area is 218 Å². The second-order valence-corrected chi connectivity index (χ2v) is 10.2. The highest BCUT2D eigenvalue weighted by molar-refractivity contribution is 5.93. The lowest BCUT2D eigenvalue weighted by molar-refractivity contribution is 0.170. The van der Waals surface area contributed by atoms with Gasteiger partial charge in [0.2, 0.25) is 5.95 Å². The molecule has 2 aromatic carbocycles. The maximum Gasteiger partial charge on any atom is 0.326 e. The number of fused-ring (bicyclic) bond motifs is 2. The highest BCUT2D eigenvalue weighted by Gasteiger charge is 2.36. The van der Waals surface area contributed by atoms with E-state index in [0.29, 0.717) is 18.3 Å². The fourth-order valence-electron chi connectivity index (χ4n) is 5.61. The van der Waals surface area contributed by atoms with E-state index in [-0.39, 0.29) is 12.1 Å². The molecule has 0 unspecified atom stereocenters. The van der Waals surface area contributed by atoms with Gasteiger partial charge in [-0.3, -0.25) is 4.90 Å². The molecule has 2 N–H and O–H groups in total. The van der Waals surface area contributed by atoms with E-state index in [2.05, 4.69) is 81.9 Å². The van der Waals surface area contributed by atoms with Crippen LogP contribution in [-0.4, -0.2) is 72.6 Å². The molecule has 0 saturated carbocycles. The van der Waals surface area contributed by atoms with Crippen LogP contribution in [0.1, 0.15) is 29.2 Å². The summed E-state index contributed by atoms with van der Waals surface area (Å²) < 4.78 is 0. The lowest BCUT2D eigenvalue weighted by Crippen LogP contribution is -2.48. The zero-order valence-electron chi connectivity index (χ0n) is 21.7. The predicted molar refractivity (Wildman–Crippen MR) is 148 cm³/mol. The van der Waals surface area contributed by atoms with Crippen LogP contribution in [0, 0.1) is 6.92 Å². The van der Waals surface area contributed by atoms with Gasteiger partial charge in [-0.2, -0.15) is 4.98 Å². The number of anilines is 5. The number of aryl methyl sites for hydroxylation is 1. The van der Waals surface area contributed by atoms with Crippen LogP contribution in [-0.2, 0) is 6.54 Å². The third kappa shape index (κ3) is 4.44. The van der Waals surface area contributed by atoms with E-state index in [0.717, 1.165) is 56.1 Å². The lowest BCUT2D eigenvalue weighted by Gasteiger charge is -2.41. The van der Waals surface area contributed by atoms with Crippen molar-refractivity contribution in [3.63, 3.8) is 0 Å². The van der Waals surface area contributed by atoms with Crippen LogP contribution < -0.4 is 20.4 Å². The second-order valence-electron chi connectivity index (χ2n) is 10.2. The van der Waals surface area contributed by atoms with E-state index in [9.17, 15) is 4.79 Å². The molecule has 0 bridgehead atoms. The van der Waals surface area contributed by atoms with Gasteiger partial charge in [0, 0.05) is 68.6 Å². The van der Waals surface area contributed by atoms with E-state index in [1.54, 1.807) is 11.9 Å². The molecule has 1 aromatic heterocycles. The van der Waals surface area contributed by atoms with Gasteiger partial charge in [-0.25, -0.2) is 9.78 Å². The highest BCUT2D eigenvalue weighted by atomic mass is 16.2. The fourth-order valence-corrected chi connectivity index (χ4v) is 5.61. The molecule has 1 saturated heterocycles. The Kier molecular flexibility index (Phi) is 6.08. The minimum Gasteiger partial charge on any atom is -0.384 e. The molecule has 3 aromatic rings.